The van der Waals surface area contributed by atoms with Gasteiger partial charge in [0.25, 0.3) is 0 Å². The minimum atomic E-state index is -2.98. The lowest BCUT2D eigenvalue weighted by molar-refractivity contribution is 0.590. The summed E-state index contributed by atoms with van der Waals surface area (Å²) in [6, 6.07) is 7.63. The first-order valence-corrected chi connectivity index (χ1v) is 8.21. The smallest absolute Gasteiger partial charge is 0.154 e. The Kier molecular flexibility index (Phi) is 6.00. The van der Waals surface area contributed by atoms with Gasteiger partial charge in [-0.1, -0.05) is 30.7 Å². The first-order chi connectivity index (χ1) is 8.05. The van der Waals surface area contributed by atoms with Gasteiger partial charge in [-0.3, -0.25) is 0 Å². The topological polar surface area (TPSA) is 34.1 Å². The van der Waals surface area contributed by atoms with Gasteiger partial charge < -0.3 is 0 Å². The lowest BCUT2D eigenvalue weighted by Gasteiger charge is -2.06. The van der Waals surface area contributed by atoms with Crippen LogP contribution in [0.4, 0.5) is 0 Å². The predicted octanol–water partition coefficient (Wildman–Crippen LogP) is 3.32. The molecule has 0 N–H and O–H groups in total. The number of hydrogen-bond donors (Lipinski definition) is 0. The van der Waals surface area contributed by atoms with E-state index >= 15 is 0 Å². The minimum Gasteiger partial charge on any atom is -0.228 e. The molecular formula is C13H19ClO2S. The highest BCUT2D eigenvalue weighted by molar-refractivity contribution is 7.90. The third kappa shape index (κ3) is 5.55. The van der Waals surface area contributed by atoms with Crippen LogP contribution in [0.1, 0.15) is 30.4 Å². The molecule has 4 heteroatoms. The Bertz CT molecular complexity index is 440. The second kappa shape index (κ2) is 7.02. The van der Waals surface area contributed by atoms with E-state index < -0.39 is 9.84 Å². The van der Waals surface area contributed by atoms with E-state index in [-0.39, 0.29) is 11.5 Å². The summed E-state index contributed by atoms with van der Waals surface area (Å²) in [5.41, 5.74) is 1.95. The molecular weight excluding hydrogens is 256 g/mol. The van der Waals surface area contributed by atoms with Gasteiger partial charge in [0.1, 0.15) is 0 Å². The van der Waals surface area contributed by atoms with E-state index in [0.29, 0.717) is 12.3 Å². The van der Waals surface area contributed by atoms with Crippen LogP contribution in [0.5, 0.6) is 0 Å². The van der Waals surface area contributed by atoms with Gasteiger partial charge in [-0.15, -0.1) is 11.6 Å². The van der Waals surface area contributed by atoms with Crippen molar-refractivity contribution in [1.82, 2.24) is 0 Å². The van der Waals surface area contributed by atoms with Crippen LogP contribution < -0.4 is 0 Å². The van der Waals surface area contributed by atoms with Gasteiger partial charge >= 0.3 is 0 Å². The first-order valence-electron chi connectivity index (χ1n) is 5.86. The average molecular weight is 275 g/mol. The predicted molar refractivity (Wildman–Crippen MR) is 73.2 cm³/mol. The highest BCUT2D eigenvalue weighted by Crippen LogP contribution is 2.13. The third-order valence-electron chi connectivity index (χ3n) is 2.73. The van der Waals surface area contributed by atoms with Crippen molar-refractivity contribution in [2.75, 3.05) is 11.6 Å². The molecule has 0 fully saturated rings. The molecule has 0 saturated carbocycles. The van der Waals surface area contributed by atoms with Crippen molar-refractivity contribution >= 4 is 21.4 Å². The normalized spacial score (nSPS) is 11.6. The summed E-state index contributed by atoms with van der Waals surface area (Å²) < 4.78 is 23.8. The molecule has 0 saturated heterocycles. The maximum atomic E-state index is 11.9. The van der Waals surface area contributed by atoms with Crippen LogP contribution >= 0.6 is 11.6 Å². The second-order valence-corrected chi connectivity index (χ2v) is 6.83. The maximum Gasteiger partial charge on any atom is 0.154 e. The van der Waals surface area contributed by atoms with Crippen LogP contribution in [0.3, 0.4) is 0 Å². The molecule has 96 valence electrons. The van der Waals surface area contributed by atoms with Gasteiger partial charge in [-0.05, 0) is 30.9 Å². The van der Waals surface area contributed by atoms with Crippen LogP contribution in [-0.2, 0) is 15.6 Å². The van der Waals surface area contributed by atoms with Crippen molar-refractivity contribution in [3.8, 4) is 0 Å². The molecule has 1 rings (SSSR count). The zero-order valence-corrected chi connectivity index (χ0v) is 11.7. The molecule has 1 aromatic carbocycles. The van der Waals surface area contributed by atoms with E-state index in [2.05, 4.69) is 0 Å². The number of alkyl halides is 1. The summed E-state index contributed by atoms with van der Waals surface area (Å²) in [7, 11) is -2.98. The molecule has 0 bridgehead atoms. The van der Waals surface area contributed by atoms with Gasteiger partial charge in [-0.2, -0.15) is 0 Å². The maximum absolute atomic E-state index is 11.9. The zero-order chi connectivity index (χ0) is 12.7. The summed E-state index contributed by atoms with van der Waals surface area (Å²) in [6.45, 7) is 1.94. The van der Waals surface area contributed by atoms with Crippen molar-refractivity contribution < 1.29 is 8.42 Å². The van der Waals surface area contributed by atoms with E-state index in [4.69, 9.17) is 11.6 Å². The Balaban J connectivity index is 2.52. The van der Waals surface area contributed by atoms with E-state index in [9.17, 15) is 8.42 Å². The number of unbranched alkanes of at least 4 members (excludes halogenated alkanes) is 2. The van der Waals surface area contributed by atoms with Crippen molar-refractivity contribution in [1.29, 1.82) is 0 Å². The number of rotatable bonds is 7. The Labute approximate surface area is 109 Å². The van der Waals surface area contributed by atoms with Gasteiger partial charge in [0.05, 0.1) is 11.5 Å². The van der Waals surface area contributed by atoms with Crippen LogP contribution in [0.25, 0.3) is 0 Å². The lowest BCUT2D eigenvalue weighted by Crippen LogP contribution is -2.10. The fourth-order valence-electron chi connectivity index (χ4n) is 1.67. The Morgan fingerprint density at radius 1 is 1.12 bits per heavy atom. The van der Waals surface area contributed by atoms with Crippen LogP contribution in [0.2, 0.25) is 0 Å². The highest BCUT2D eigenvalue weighted by Gasteiger charge is 2.12. The van der Waals surface area contributed by atoms with Gasteiger partial charge in [0.15, 0.2) is 9.84 Å². The molecule has 0 heterocycles. The van der Waals surface area contributed by atoms with Crippen LogP contribution in [-0.4, -0.2) is 20.1 Å². The molecule has 0 aliphatic heterocycles. The number of halogens is 1. The molecule has 0 unspecified atom stereocenters. The molecule has 2 nitrogen and oxygen atoms in total. The van der Waals surface area contributed by atoms with Crippen LogP contribution in [0, 0.1) is 6.92 Å². The van der Waals surface area contributed by atoms with E-state index in [0.717, 1.165) is 24.0 Å². The number of hydrogen-bond acceptors (Lipinski definition) is 2. The number of sulfone groups is 1. The monoisotopic (exact) mass is 274 g/mol. The molecule has 0 radical (unpaired) electrons. The fraction of sp³-hybridized carbons (Fsp3) is 0.538. The van der Waals surface area contributed by atoms with E-state index in [1.54, 1.807) is 0 Å². The number of benzene rings is 1. The quantitative estimate of drug-likeness (QED) is 0.565. The third-order valence-corrected chi connectivity index (χ3v) is 4.65. The SMILES string of the molecule is Cc1ccccc1CS(=O)(=O)CCCCCCl. The lowest BCUT2D eigenvalue weighted by atomic mass is 10.1. The Morgan fingerprint density at radius 3 is 2.47 bits per heavy atom. The Morgan fingerprint density at radius 2 is 1.82 bits per heavy atom. The summed E-state index contributed by atoms with van der Waals surface area (Å²) >= 11 is 5.55. The van der Waals surface area contributed by atoms with Crippen molar-refractivity contribution in [3.05, 3.63) is 35.4 Å². The van der Waals surface area contributed by atoms with Gasteiger partial charge in [-0.25, -0.2) is 8.42 Å². The molecule has 17 heavy (non-hydrogen) atoms. The zero-order valence-electron chi connectivity index (χ0n) is 10.2. The van der Waals surface area contributed by atoms with Crippen molar-refractivity contribution in [3.63, 3.8) is 0 Å². The molecule has 0 aliphatic carbocycles. The van der Waals surface area contributed by atoms with Crippen molar-refractivity contribution in [2.24, 2.45) is 0 Å². The van der Waals surface area contributed by atoms with E-state index in [1.807, 2.05) is 31.2 Å². The molecule has 0 atom stereocenters. The van der Waals surface area contributed by atoms with E-state index in [1.165, 1.54) is 0 Å². The number of aryl methyl sites for hydroxylation is 1. The van der Waals surface area contributed by atoms with Gasteiger partial charge in [0.2, 0.25) is 0 Å². The molecule has 0 aromatic heterocycles. The summed E-state index contributed by atoms with van der Waals surface area (Å²) in [5.74, 6) is 1.02. The second-order valence-electron chi connectivity index (χ2n) is 4.27. The standard InChI is InChI=1S/C13H19ClO2S/c1-12-7-3-4-8-13(12)11-17(15,16)10-6-2-5-9-14/h3-4,7-8H,2,5-6,9-11H2,1H3. The fourth-order valence-corrected chi connectivity index (χ4v) is 3.45. The minimum absolute atomic E-state index is 0.153. The summed E-state index contributed by atoms with van der Waals surface area (Å²) in [6.07, 6.45) is 2.48. The molecule has 0 aliphatic rings. The average Bonchev–Trinajstić information content (AvgIpc) is 2.28. The molecule has 1 aromatic rings. The van der Waals surface area contributed by atoms with Crippen molar-refractivity contribution in [2.45, 2.75) is 31.9 Å². The van der Waals surface area contributed by atoms with Crippen LogP contribution in [0.15, 0.2) is 24.3 Å². The Hall–Kier alpha value is -0.540. The summed E-state index contributed by atoms with van der Waals surface area (Å²) in [4.78, 5) is 0. The van der Waals surface area contributed by atoms with Gasteiger partial charge in [0, 0.05) is 5.88 Å². The largest absolute Gasteiger partial charge is 0.228 e. The molecule has 0 amide bonds. The summed E-state index contributed by atoms with van der Waals surface area (Å²) in [5, 5.41) is 0. The first kappa shape index (κ1) is 14.5. The highest BCUT2D eigenvalue weighted by atomic mass is 35.5. The molecule has 0 spiro atoms.